The molecule has 0 aliphatic carbocycles. The first kappa shape index (κ1) is 21.7. The molecule has 2 heterocycles. The molecule has 0 radical (unpaired) electrons. The SMILES string of the molecule is COc1cc2c(cc1OC)C(c1cccs1)N(CC(=O)Nc1ccc(Cl)cc1C)CC2. The molecule has 0 bridgehead atoms. The molecule has 1 atom stereocenters. The molecule has 5 nitrogen and oxygen atoms in total. The number of benzene rings is 2. The van der Waals surface area contributed by atoms with Crippen molar-refractivity contribution in [2.75, 3.05) is 32.6 Å². The number of thiophene rings is 1. The first-order chi connectivity index (χ1) is 15.0. The summed E-state index contributed by atoms with van der Waals surface area (Å²) in [6.45, 7) is 3.00. The summed E-state index contributed by atoms with van der Waals surface area (Å²) in [6.07, 6.45) is 0.838. The van der Waals surface area contributed by atoms with E-state index in [-0.39, 0.29) is 11.9 Å². The van der Waals surface area contributed by atoms with Crippen LogP contribution in [0.4, 0.5) is 5.69 Å². The Labute approximate surface area is 191 Å². The van der Waals surface area contributed by atoms with Crippen LogP contribution in [-0.4, -0.2) is 38.1 Å². The van der Waals surface area contributed by atoms with E-state index in [1.165, 1.54) is 10.4 Å². The van der Waals surface area contributed by atoms with Gasteiger partial charge in [-0.25, -0.2) is 0 Å². The van der Waals surface area contributed by atoms with Gasteiger partial charge in [0.2, 0.25) is 5.91 Å². The highest BCUT2D eigenvalue weighted by Gasteiger charge is 2.32. The van der Waals surface area contributed by atoms with Crippen molar-refractivity contribution in [3.8, 4) is 11.5 Å². The largest absolute Gasteiger partial charge is 0.493 e. The molecule has 1 aliphatic rings. The molecule has 0 spiro atoms. The minimum absolute atomic E-state index is 0.0133. The predicted molar refractivity (Wildman–Crippen MR) is 126 cm³/mol. The van der Waals surface area contributed by atoms with Crippen LogP contribution in [0.15, 0.2) is 47.8 Å². The Kier molecular flexibility index (Phi) is 6.51. The van der Waals surface area contributed by atoms with Crippen molar-refractivity contribution >= 4 is 34.5 Å². The maximum Gasteiger partial charge on any atom is 0.238 e. The van der Waals surface area contributed by atoms with E-state index in [4.69, 9.17) is 21.1 Å². The number of nitrogens with zero attached hydrogens (tertiary/aromatic N) is 1. The van der Waals surface area contributed by atoms with Gasteiger partial charge in [0.1, 0.15) is 0 Å². The molecule has 0 saturated carbocycles. The maximum absolute atomic E-state index is 12.9. The Bertz CT molecular complexity index is 1080. The minimum Gasteiger partial charge on any atom is -0.493 e. The number of carbonyl (C=O) groups is 1. The van der Waals surface area contributed by atoms with E-state index >= 15 is 0 Å². The number of nitrogens with one attached hydrogen (secondary N) is 1. The Morgan fingerprint density at radius 2 is 1.97 bits per heavy atom. The number of hydrogen-bond donors (Lipinski definition) is 1. The number of amides is 1. The van der Waals surface area contributed by atoms with E-state index in [9.17, 15) is 4.79 Å². The first-order valence-corrected chi connectivity index (χ1v) is 11.3. The highest BCUT2D eigenvalue weighted by Crippen LogP contribution is 2.42. The maximum atomic E-state index is 12.9. The molecular weight excluding hydrogens is 432 g/mol. The van der Waals surface area contributed by atoms with Gasteiger partial charge in [0, 0.05) is 22.1 Å². The summed E-state index contributed by atoms with van der Waals surface area (Å²) in [4.78, 5) is 16.4. The summed E-state index contributed by atoms with van der Waals surface area (Å²) in [5, 5.41) is 5.76. The number of hydrogen-bond acceptors (Lipinski definition) is 5. The fourth-order valence-corrected chi connectivity index (χ4v) is 5.19. The molecule has 31 heavy (non-hydrogen) atoms. The van der Waals surface area contributed by atoms with Gasteiger partial charge >= 0.3 is 0 Å². The van der Waals surface area contributed by atoms with Gasteiger partial charge in [0.05, 0.1) is 26.8 Å². The predicted octanol–water partition coefficient (Wildman–Crippen LogP) is 5.31. The molecule has 1 amide bonds. The van der Waals surface area contributed by atoms with Crippen molar-refractivity contribution in [1.29, 1.82) is 0 Å². The van der Waals surface area contributed by atoms with E-state index < -0.39 is 0 Å². The van der Waals surface area contributed by atoms with Crippen LogP contribution in [-0.2, 0) is 11.2 Å². The van der Waals surface area contributed by atoms with Gasteiger partial charge in [-0.3, -0.25) is 9.69 Å². The van der Waals surface area contributed by atoms with E-state index in [0.29, 0.717) is 17.3 Å². The van der Waals surface area contributed by atoms with Crippen molar-refractivity contribution in [1.82, 2.24) is 4.90 Å². The van der Waals surface area contributed by atoms with Gasteiger partial charge in [0.25, 0.3) is 0 Å². The molecule has 7 heteroatoms. The van der Waals surface area contributed by atoms with E-state index in [0.717, 1.165) is 35.5 Å². The van der Waals surface area contributed by atoms with Crippen molar-refractivity contribution in [2.45, 2.75) is 19.4 Å². The summed E-state index contributed by atoms with van der Waals surface area (Å²) < 4.78 is 11.1. The van der Waals surface area contributed by atoms with Gasteiger partial charge in [0.15, 0.2) is 11.5 Å². The van der Waals surface area contributed by atoms with Crippen LogP contribution in [0.25, 0.3) is 0 Å². The van der Waals surface area contributed by atoms with Crippen molar-refractivity contribution in [3.05, 3.63) is 74.4 Å². The average Bonchev–Trinajstić information content (AvgIpc) is 3.29. The molecule has 0 saturated heterocycles. The number of anilines is 1. The van der Waals surface area contributed by atoms with Crippen molar-refractivity contribution in [3.63, 3.8) is 0 Å². The third-order valence-electron chi connectivity index (χ3n) is 5.60. The number of ether oxygens (including phenoxy) is 2. The lowest BCUT2D eigenvalue weighted by molar-refractivity contribution is -0.117. The Hall–Kier alpha value is -2.54. The van der Waals surface area contributed by atoms with Gasteiger partial charge in [-0.15, -0.1) is 11.3 Å². The van der Waals surface area contributed by atoms with Crippen LogP contribution in [0.1, 0.15) is 27.6 Å². The van der Waals surface area contributed by atoms with Gasteiger partial charge < -0.3 is 14.8 Å². The summed E-state index contributed by atoms with van der Waals surface area (Å²) in [6, 6.07) is 13.7. The Morgan fingerprint density at radius 3 is 2.65 bits per heavy atom. The number of halogens is 1. The monoisotopic (exact) mass is 456 g/mol. The minimum atomic E-state index is -0.0455. The third kappa shape index (κ3) is 4.56. The van der Waals surface area contributed by atoms with E-state index in [1.54, 1.807) is 31.6 Å². The van der Waals surface area contributed by atoms with Crippen LogP contribution < -0.4 is 14.8 Å². The molecule has 162 valence electrons. The molecule has 0 fully saturated rings. The lowest BCUT2D eigenvalue weighted by Crippen LogP contribution is -2.41. The summed E-state index contributed by atoms with van der Waals surface area (Å²) >= 11 is 7.74. The Balaban J connectivity index is 1.62. The number of rotatable bonds is 6. The van der Waals surface area contributed by atoms with Crippen LogP contribution in [0.5, 0.6) is 11.5 Å². The highest BCUT2D eigenvalue weighted by molar-refractivity contribution is 7.10. The van der Waals surface area contributed by atoms with Crippen molar-refractivity contribution < 1.29 is 14.3 Å². The highest BCUT2D eigenvalue weighted by atomic mass is 35.5. The summed E-state index contributed by atoms with van der Waals surface area (Å²) in [5.74, 6) is 1.39. The lowest BCUT2D eigenvalue weighted by atomic mass is 9.91. The lowest BCUT2D eigenvalue weighted by Gasteiger charge is -2.37. The number of fused-ring (bicyclic) bond motifs is 1. The number of aryl methyl sites for hydroxylation is 1. The first-order valence-electron chi connectivity index (χ1n) is 10.1. The molecular formula is C24H25ClN2O3S. The Morgan fingerprint density at radius 1 is 1.19 bits per heavy atom. The molecule has 3 aromatic rings. The van der Waals surface area contributed by atoms with E-state index in [1.807, 2.05) is 31.2 Å². The second-order valence-corrected chi connectivity index (χ2v) is 8.97. The zero-order valence-electron chi connectivity index (χ0n) is 17.8. The van der Waals surface area contributed by atoms with Gasteiger partial charge in [-0.05, 0) is 71.8 Å². The van der Waals surface area contributed by atoms with Gasteiger partial charge in [-0.2, -0.15) is 0 Å². The number of methoxy groups -OCH3 is 2. The normalized spacial score (nSPS) is 15.9. The molecule has 2 aromatic carbocycles. The molecule has 1 unspecified atom stereocenters. The second-order valence-electron chi connectivity index (χ2n) is 7.55. The standard InChI is InChI=1S/C24H25ClN2O3S/c1-15-11-17(25)6-7-19(15)26-23(28)14-27-9-8-16-12-20(29-2)21(30-3)13-18(16)24(27)22-5-4-10-31-22/h4-7,10-13,24H,8-9,14H2,1-3H3,(H,26,28). The molecule has 4 rings (SSSR count). The number of carbonyl (C=O) groups excluding carboxylic acids is 1. The van der Waals surface area contributed by atoms with Crippen LogP contribution in [0.2, 0.25) is 5.02 Å². The average molecular weight is 457 g/mol. The van der Waals surface area contributed by atoms with Crippen LogP contribution in [0, 0.1) is 6.92 Å². The van der Waals surface area contributed by atoms with Crippen molar-refractivity contribution in [2.24, 2.45) is 0 Å². The third-order valence-corrected chi connectivity index (χ3v) is 6.76. The van der Waals surface area contributed by atoms with Crippen LogP contribution in [0.3, 0.4) is 0 Å². The van der Waals surface area contributed by atoms with E-state index in [2.05, 4.69) is 27.7 Å². The summed E-state index contributed by atoms with van der Waals surface area (Å²) in [5.41, 5.74) is 4.10. The van der Waals surface area contributed by atoms with Crippen LogP contribution >= 0.6 is 22.9 Å². The second kappa shape index (κ2) is 9.30. The quantitative estimate of drug-likeness (QED) is 0.545. The summed E-state index contributed by atoms with van der Waals surface area (Å²) in [7, 11) is 3.30. The zero-order valence-corrected chi connectivity index (χ0v) is 19.3. The molecule has 1 aromatic heterocycles. The fraction of sp³-hybridized carbons (Fsp3) is 0.292. The van der Waals surface area contributed by atoms with Gasteiger partial charge in [-0.1, -0.05) is 17.7 Å². The zero-order chi connectivity index (χ0) is 22.0. The topological polar surface area (TPSA) is 50.8 Å². The molecule has 1 aliphatic heterocycles. The fourth-order valence-electron chi connectivity index (χ4n) is 4.09. The molecule has 1 N–H and O–H groups in total. The smallest absolute Gasteiger partial charge is 0.238 e.